The molecule has 1 saturated heterocycles. The molecule has 1 fully saturated rings. The zero-order chi connectivity index (χ0) is 15.1. The second-order valence-corrected chi connectivity index (χ2v) is 5.81. The number of aromatic nitrogens is 1. The van der Waals surface area contributed by atoms with Crippen LogP contribution in [0.3, 0.4) is 0 Å². The van der Waals surface area contributed by atoms with Crippen molar-refractivity contribution in [2.24, 2.45) is 0 Å². The highest BCUT2D eigenvalue weighted by Gasteiger charge is 2.36. The van der Waals surface area contributed by atoms with Crippen LogP contribution >= 0.6 is 23.2 Å². The predicted molar refractivity (Wildman–Crippen MR) is 80.0 cm³/mol. The number of nitrogens with zero attached hydrogens (tertiary/aromatic N) is 1. The van der Waals surface area contributed by atoms with Crippen molar-refractivity contribution in [1.29, 1.82) is 0 Å². The highest BCUT2D eigenvalue weighted by atomic mass is 35.5. The SMILES string of the molecule is O=C(O)C1CCCN1C(=O)c1[nH]c2ccc(Cl)cc2c1Cl. The smallest absolute Gasteiger partial charge is 0.326 e. The summed E-state index contributed by atoms with van der Waals surface area (Å²) in [7, 11) is 0. The number of halogens is 2. The molecule has 1 amide bonds. The van der Waals surface area contributed by atoms with Gasteiger partial charge in [0.2, 0.25) is 0 Å². The van der Waals surface area contributed by atoms with Gasteiger partial charge in [-0.05, 0) is 31.0 Å². The third-order valence-corrected chi connectivity index (χ3v) is 4.34. The monoisotopic (exact) mass is 326 g/mol. The fraction of sp³-hybridized carbons (Fsp3) is 0.286. The lowest BCUT2D eigenvalue weighted by molar-refractivity contribution is -0.141. The van der Waals surface area contributed by atoms with Gasteiger partial charge >= 0.3 is 5.97 Å². The summed E-state index contributed by atoms with van der Waals surface area (Å²) in [5, 5.41) is 10.6. The van der Waals surface area contributed by atoms with Crippen molar-refractivity contribution in [2.75, 3.05) is 6.54 Å². The number of hydrogen-bond acceptors (Lipinski definition) is 2. The summed E-state index contributed by atoms with van der Waals surface area (Å²) in [5.74, 6) is -1.38. The third-order valence-electron chi connectivity index (χ3n) is 3.71. The topological polar surface area (TPSA) is 73.4 Å². The summed E-state index contributed by atoms with van der Waals surface area (Å²) in [6, 6.07) is 4.31. The van der Waals surface area contributed by atoms with E-state index >= 15 is 0 Å². The quantitative estimate of drug-likeness (QED) is 0.890. The Kier molecular flexibility index (Phi) is 3.55. The minimum atomic E-state index is -0.990. The second-order valence-electron chi connectivity index (χ2n) is 5.00. The number of carbonyl (C=O) groups is 2. The van der Waals surface area contributed by atoms with Gasteiger partial charge in [-0.3, -0.25) is 4.79 Å². The van der Waals surface area contributed by atoms with Crippen molar-refractivity contribution < 1.29 is 14.7 Å². The molecule has 110 valence electrons. The van der Waals surface area contributed by atoms with Gasteiger partial charge in [0, 0.05) is 22.5 Å². The second kappa shape index (κ2) is 5.24. The average Bonchev–Trinajstić information content (AvgIpc) is 3.04. The van der Waals surface area contributed by atoms with Crippen LogP contribution in [0.5, 0.6) is 0 Å². The first-order valence-corrected chi connectivity index (χ1v) is 7.25. The molecule has 1 aromatic heterocycles. The van der Waals surface area contributed by atoms with E-state index in [0.29, 0.717) is 35.3 Å². The number of aliphatic carboxylic acids is 1. The maximum absolute atomic E-state index is 12.6. The summed E-state index contributed by atoms with van der Waals surface area (Å²) in [5.41, 5.74) is 0.904. The molecule has 1 aromatic carbocycles. The van der Waals surface area contributed by atoms with Crippen LogP contribution in [-0.2, 0) is 4.79 Å². The molecule has 21 heavy (non-hydrogen) atoms. The average molecular weight is 327 g/mol. The van der Waals surface area contributed by atoms with Crippen molar-refractivity contribution in [3.05, 3.63) is 33.9 Å². The Balaban J connectivity index is 2.02. The molecule has 0 radical (unpaired) electrons. The Morgan fingerprint density at radius 3 is 2.81 bits per heavy atom. The number of fused-ring (bicyclic) bond motifs is 1. The van der Waals surface area contributed by atoms with Crippen LogP contribution in [0.2, 0.25) is 10.0 Å². The molecule has 1 aliphatic rings. The molecular weight excluding hydrogens is 315 g/mol. The Morgan fingerprint density at radius 2 is 2.10 bits per heavy atom. The number of carboxylic acid groups (broad SMARTS) is 1. The fourth-order valence-electron chi connectivity index (χ4n) is 2.69. The van der Waals surface area contributed by atoms with Crippen molar-refractivity contribution in [1.82, 2.24) is 9.88 Å². The van der Waals surface area contributed by atoms with Crippen molar-refractivity contribution in [3.63, 3.8) is 0 Å². The summed E-state index contributed by atoms with van der Waals surface area (Å²) in [4.78, 5) is 28.0. The number of carbonyl (C=O) groups excluding carboxylic acids is 1. The molecule has 2 aromatic rings. The van der Waals surface area contributed by atoms with E-state index in [4.69, 9.17) is 23.2 Å². The van der Waals surface area contributed by atoms with Crippen LogP contribution < -0.4 is 0 Å². The van der Waals surface area contributed by atoms with Crippen molar-refractivity contribution in [2.45, 2.75) is 18.9 Å². The highest BCUT2D eigenvalue weighted by Crippen LogP contribution is 2.31. The lowest BCUT2D eigenvalue weighted by Gasteiger charge is -2.20. The Morgan fingerprint density at radius 1 is 1.33 bits per heavy atom. The maximum atomic E-state index is 12.6. The molecule has 0 spiro atoms. The van der Waals surface area contributed by atoms with Gasteiger partial charge < -0.3 is 15.0 Å². The molecule has 0 bridgehead atoms. The zero-order valence-corrected chi connectivity index (χ0v) is 12.4. The number of carboxylic acids is 1. The van der Waals surface area contributed by atoms with E-state index in [2.05, 4.69) is 4.98 Å². The minimum Gasteiger partial charge on any atom is -0.480 e. The van der Waals surface area contributed by atoms with Gasteiger partial charge in [-0.1, -0.05) is 23.2 Å². The van der Waals surface area contributed by atoms with E-state index in [9.17, 15) is 14.7 Å². The van der Waals surface area contributed by atoms with E-state index in [1.165, 1.54) is 4.90 Å². The number of benzene rings is 1. The fourth-order valence-corrected chi connectivity index (χ4v) is 3.15. The summed E-state index contributed by atoms with van der Waals surface area (Å²) in [6.07, 6.45) is 1.14. The van der Waals surface area contributed by atoms with Gasteiger partial charge in [0.15, 0.2) is 0 Å². The largest absolute Gasteiger partial charge is 0.480 e. The Bertz CT molecular complexity index is 741. The number of amides is 1. The van der Waals surface area contributed by atoms with Crippen LogP contribution in [0.15, 0.2) is 18.2 Å². The van der Waals surface area contributed by atoms with Gasteiger partial charge in [-0.2, -0.15) is 0 Å². The molecular formula is C14H12Cl2N2O3. The number of nitrogens with one attached hydrogen (secondary N) is 1. The molecule has 5 nitrogen and oxygen atoms in total. The van der Waals surface area contributed by atoms with Crippen LogP contribution in [0.25, 0.3) is 10.9 Å². The van der Waals surface area contributed by atoms with E-state index in [1.807, 2.05) is 0 Å². The van der Waals surface area contributed by atoms with Gasteiger partial charge in [0.25, 0.3) is 5.91 Å². The summed E-state index contributed by atoms with van der Waals surface area (Å²) >= 11 is 12.2. The molecule has 7 heteroatoms. The van der Waals surface area contributed by atoms with E-state index in [-0.39, 0.29) is 10.7 Å². The summed E-state index contributed by atoms with van der Waals surface area (Å²) in [6.45, 7) is 0.419. The maximum Gasteiger partial charge on any atom is 0.326 e. The minimum absolute atomic E-state index is 0.210. The number of rotatable bonds is 2. The van der Waals surface area contributed by atoms with Gasteiger partial charge in [0.05, 0.1) is 5.02 Å². The first-order valence-electron chi connectivity index (χ1n) is 6.49. The third kappa shape index (κ3) is 2.36. The first kappa shape index (κ1) is 14.2. The van der Waals surface area contributed by atoms with E-state index in [0.717, 1.165) is 0 Å². The number of aromatic amines is 1. The molecule has 1 atom stereocenters. The number of hydrogen-bond donors (Lipinski definition) is 2. The Labute approximate surface area is 130 Å². The molecule has 1 unspecified atom stereocenters. The first-order chi connectivity index (χ1) is 9.99. The van der Waals surface area contributed by atoms with E-state index < -0.39 is 17.9 Å². The van der Waals surface area contributed by atoms with Gasteiger partial charge in [-0.25, -0.2) is 4.79 Å². The number of H-pyrrole nitrogens is 1. The Hall–Kier alpha value is -1.72. The highest BCUT2D eigenvalue weighted by molar-refractivity contribution is 6.39. The molecule has 3 rings (SSSR count). The van der Waals surface area contributed by atoms with Crippen molar-refractivity contribution in [3.8, 4) is 0 Å². The predicted octanol–water partition coefficient (Wildman–Crippen LogP) is 3.16. The molecule has 1 aliphatic heterocycles. The lowest BCUT2D eigenvalue weighted by Crippen LogP contribution is -2.40. The normalized spacial score (nSPS) is 18.4. The molecule has 0 aliphatic carbocycles. The lowest BCUT2D eigenvalue weighted by atomic mass is 10.2. The summed E-state index contributed by atoms with van der Waals surface area (Å²) < 4.78 is 0. The standard InChI is InChI=1S/C14H12Cl2N2O3/c15-7-3-4-9-8(6-7)11(16)12(17-9)13(19)18-5-1-2-10(18)14(20)21/h3-4,6,10,17H,1-2,5H2,(H,20,21). The molecule has 2 heterocycles. The van der Waals surface area contributed by atoms with Crippen molar-refractivity contribution >= 4 is 46.0 Å². The van der Waals surface area contributed by atoms with E-state index in [1.54, 1.807) is 18.2 Å². The number of likely N-dealkylation sites (tertiary alicyclic amines) is 1. The molecule has 0 saturated carbocycles. The van der Waals surface area contributed by atoms with Crippen LogP contribution in [0, 0.1) is 0 Å². The van der Waals surface area contributed by atoms with Crippen LogP contribution in [0.4, 0.5) is 0 Å². The van der Waals surface area contributed by atoms with Gasteiger partial charge in [-0.15, -0.1) is 0 Å². The van der Waals surface area contributed by atoms with Crippen LogP contribution in [-0.4, -0.2) is 39.5 Å². The zero-order valence-electron chi connectivity index (χ0n) is 10.9. The van der Waals surface area contributed by atoms with Gasteiger partial charge in [0.1, 0.15) is 11.7 Å². The van der Waals surface area contributed by atoms with Crippen LogP contribution in [0.1, 0.15) is 23.3 Å². The molecule has 2 N–H and O–H groups in total.